The van der Waals surface area contributed by atoms with Crippen molar-refractivity contribution in [3.05, 3.63) is 35.2 Å². The lowest BCUT2D eigenvalue weighted by Crippen LogP contribution is -2.17. The number of rotatable bonds is 3. The van der Waals surface area contributed by atoms with Crippen molar-refractivity contribution < 1.29 is 4.79 Å². The van der Waals surface area contributed by atoms with Gasteiger partial charge in [-0.1, -0.05) is 24.4 Å². The van der Waals surface area contributed by atoms with E-state index < -0.39 is 0 Å². The van der Waals surface area contributed by atoms with Crippen molar-refractivity contribution >= 4 is 23.3 Å². The molecular weight excluding hydrogens is 264 g/mol. The lowest BCUT2D eigenvalue weighted by atomic mass is 10.2. The summed E-state index contributed by atoms with van der Waals surface area (Å²) in [5.74, 6) is 0.536. The molecule has 0 aliphatic heterocycles. The van der Waals surface area contributed by atoms with Crippen molar-refractivity contribution in [2.75, 3.05) is 5.32 Å². The number of hydrogen-bond acceptors (Lipinski definition) is 2. The zero-order chi connectivity index (χ0) is 13.2. The van der Waals surface area contributed by atoms with Gasteiger partial charge in [0.15, 0.2) is 0 Å². The van der Waals surface area contributed by atoms with Crippen molar-refractivity contribution in [1.29, 1.82) is 0 Å². The number of aromatic amines is 1. The van der Waals surface area contributed by atoms with Crippen LogP contribution < -0.4 is 5.32 Å². The number of anilines is 1. The summed E-state index contributed by atoms with van der Waals surface area (Å²) >= 11 is 5.79. The molecule has 1 aliphatic carbocycles. The molecule has 0 spiro atoms. The summed E-state index contributed by atoms with van der Waals surface area (Å²) in [5, 5.41) is 7.71. The minimum atomic E-state index is -0.202. The number of aromatic nitrogens is 3. The second-order valence-corrected chi connectivity index (χ2v) is 5.22. The minimum absolute atomic E-state index is 0.202. The molecule has 1 fully saturated rings. The highest BCUT2D eigenvalue weighted by Gasteiger charge is 2.20. The summed E-state index contributed by atoms with van der Waals surface area (Å²) in [4.78, 5) is 14.9. The summed E-state index contributed by atoms with van der Waals surface area (Å²) < 4.78 is 1.91. The molecule has 0 atom stereocenters. The standard InChI is InChI=1S/C13H15ClN4O/c14-9-7-11(15-8-9)13(19)17-12-5-6-16-18(12)10-3-1-2-4-10/h5-8,10,15H,1-4H2,(H,17,19). The number of nitrogens with zero attached hydrogens (tertiary/aromatic N) is 2. The van der Waals surface area contributed by atoms with Crippen molar-refractivity contribution in [3.8, 4) is 0 Å². The molecule has 0 bridgehead atoms. The van der Waals surface area contributed by atoms with Crippen LogP contribution in [0.3, 0.4) is 0 Å². The molecule has 0 aromatic carbocycles. The second-order valence-electron chi connectivity index (χ2n) is 4.78. The normalized spacial score (nSPS) is 15.8. The van der Waals surface area contributed by atoms with Gasteiger partial charge in [0.05, 0.1) is 17.3 Å². The van der Waals surface area contributed by atoms with E-state index in [0.29, 0.717) is 16.8 Å². The van der Waals surface area contributed by atoms with Crippen LogP contribution >= 0.6 is 11.6 Å². The van der Waals surface area contributed by atoms with Gasteiger partial charge in [-0.15, -0.1) is 0 Å². The van der Waals surface area contributed by atoms with Crippen LogP contribution in [0.15, 0.2) is 24.5 Å². The molecule has 3 rings (SSSR count). The fourth-order valence-electron chi connectivity index (χ4n) is 2.54. The first kappa shape index (κ1) is 12.3. The number of carbonyl (C=O) groups is 1. The van der Waals surface area contributed by atoms with E-state index in [1.807, 2.05) is 10.7 Å². The molecule has 19 heavy (non-hydrogen) atoms. The van der Waals surface area contributed by atoms with Crippen molar-refractivity contribution in [2.45, 2.75) is 31.7 Å². The number of hydrogen-bond donors (Lipinski definition) is 2. The van der Waals surface area contributed by atoms with E-state index in [1.54, 1.807) is 18.5 Å². The van der Waals surface area contributed by atoms with Gasteiger partial charge in [-0.2, -0.15) is 5.10 Å². The second kappa shape index (κ2) is 5.09. The summed E-state index contributed by atoms with van der Waals surface area (Å²) in [5.41, 5.74) is 0.448. The van der Waals surface area contributed by atoms with Crippen LogP contribution in [0.5, 0.6) is 0 Å². The molecule has 2 aromatic heterocycles. The maximum Gasteiger partial charge on any atom is 0.273 e. The Morgan fingerprint density at radius 1 is 1.47 bits per heavy atom. The van der Waals surface area contributed by atoms with Crippen LogP contribution in [0.4, 0.5) is 5.82 Å². The molecule has 0 radical (unpaired) electrons. The average molecular weight is 279 g/mol. The topological polar surface area (TPSA) is 62.7 Å². The first-order chi connectivity index (χ1) is 9.24. The molecule has 1 aliphatic rings. The predicted octanol–water partition coefficient (Wildman–Crippen LogP) is 3.23. The van der Waals surface area contributed by atoms with Gasteiger partial charge in [-0.3, -0.25) is 4.79 Å². The number of halogens is 1. The van der Waals surface area contributed by atoms with E-state index in [1.165, 1.54) is 12.8 Å². The zero-order valence-electron chi connectivity index (χ0n) is 10.4. The Labute approximate surface area is 116 Å². The fourth-order valence-corrected chi connectivity index (χ4v) is 2.70. The highest BCUT2D eigenvalue weighted by Crippen LogP contribution is 2.31. The van der Waals surface area contributed by atoms with Gasteiger partial charge in [0, 0.05) is 12.3 Å². The van der Waals surface area contributed by atoms with Crippen LogP contribution in [0.25, 0.3) is 0 Å². The van der Waals surface area contributed by atoms with E-state index >= 15 is 0 Å². The largest absolute Gasteiger partial charge is 0.356 e. The molecule has 6 heteroatoms. The third-order valence-corrected chi connectivity index (χ3v) is 3.69. The highest BCUT2D eigenvalue weighted by molar-refractivity contribution is 6.31. The lowest BCUT2D eigenvalue weighted by molar-refractivity contribution is 0.102. The molecule has 1 amide bonds. The molecule has 5 nitrogen and oxygen atoms in total. The van der Waals surface area contributed by atoms with Gasteiger partial charge in [-0.05, 0) is 18.9 Å². The zero-order valence-corrected chi connectivity index (χ0v) is 11.2. The maximum absolute atomic E-state index is 12.1. The number of amides is 1. The third-order valence-electron chi connectivity index (χ3n) is 3.47. The van der Waals surface area contributed by atoms with E-state index in [0.717, 1.165) is 18.7 Å². The Bertz CT molecular complexity index is 583. The quantitative estimate of drug-likeness (QED) is 0.905. The smallest absolute Gasteiger partial charge is 0.273 e. The summed E-state index contributed by atoms with van der Waals surface area (Å²) in [6.07, 6.45) is 8.01. The highest BCUT2D eigenvalue weighted by atomic mass is 35.5. The van der Waals surface area contributed by atoms with Crippen molar-refractivity contribution in [3.63, 3.8) is 0 Å². The molecule has 2 aromatic rings. The van der Waals surface area contributed by atoms with Gasteiger partial charge >= 0.3 is 0 Å². The van der Waals surface area contributed by atoms with Crippen LogP contribution in [0.2, 0.25) is 5.02 Å². The maximum atomic E-state index is 12.1. The average Bonchev–Trinajstić information content (AvgIpc) is 3.07. The molecular formula is C13H15ClN4O. The molecule has 100 valence electrons. The first-order valence-corrected chi connectivity index (χ1v) is 6.80. The predicted molar refractivity (Wildman–Crippen MR) is 73.5 cm³/mol. The van der Waals surface area contributed by atoms with Gasteiger partial charge in [0.1, 0.15) is 11.5 Å². The van der Waals surface area contributed by atoms with Crippen molar-refractivity contribution in [1.82, 2.24) is 14.8 Å². The van der Waals surface area contributed by atoms with Gasteiger partial charge in [0.2, 0.25) is 0 Å². The van der Waals surface area contributed by atoms with E-state index in [2.05, 4.69) is 15.4 Å². The Morgan fingerprint density at radius 2 is 2.26 bits per heavy atom. The van der Waals surface area contributed by atoms with E-state index in [-0.39, 0.29) is 5.91 Å². The summed E-state index contributed by atoms with van der Waals surface area (Å²) in [6, 6.07) is 3.83. The minimum Gasteiger partial charge on any atom is -0.356 e. The van der Waals surface area contributed by atoms with Crippen LogP contribution in [-0.2, 0) is 0 Å². The third kappa shape index (κ3) is 2.51. The monoisotopic (exact) mass is 278 g/mol. The summed E-state index contributed by atoms with van der Waals surface area (Å²) in [7, 11) is 0. The number of carbonyl (C=O) groups excluding carboxylic acids is 1. The fraction of sp³-hybridized carbons (Fsp3) is 0.385. The van der Waals surface area contributed by atoms with Gasteiger partial charge in [-0.25, -0.2) is 4.68 Å². The van der Waals surface area contributed by atoms with Crippen LogP contribution in [-0.4, -0.2) is 20.7 Å². The summed E-state index contributed by atoms with van der Waals surface area (Å²) in [6.45, 7) is 0. The lowest BCUT2D eigenvalue weighted by Gasteiger charge is -2.14. The SMILES string of the molecule is O=C(Nc1ccnn1C1CCCC1)c1cc(Cl)c[nH]1. The van der Waals surface area contributed by atoms with Crippen LogP contribution in [0, 0.1) is 0 Å². The Kier molecular flexibility index (Phi) is 3.29. The Balaban J connectivity index is 1.76. The number of nitrogens with one attached hydrogen (secondary N) is 2. The molecule has 1 saturated carbocycles. The molecule has 2 heterocycles. The van der Waals surface area contributed by atoms with Crippen molar-refractivity contribution in [2.24, 2.45) is 0 Å². The van der Waals surface area contributed by atoms with Gasteiger partial charge < -0.3 is 10.3 Å². The Hall–Kier alpha value is -1.75. The molecule has 0 unspecified atom stereocenters. The molecule has 0 saturated heterocycles. The molecule has 2 N–H and O–H groups in total. The van der Waals surface area contributed by atoms with Gasteiger partial charge in [0.25, 0.3) is 5.91 Å². The van der Waals surface area contributed by atoms with E-state index in [4.69, 9.17) is 11.6 Å². The van der Waals surface area contributed by atoms with Crippen LogP contribution in [0.1, 0.15) is 42.2 Å². The van der Waals surface area contributed by atoms with E-state index in [9.17, 15) is 4.79 Å². The Morgan fingerprint density at radius 3 is 2.95 bits per heavy atom. The number of H-pyrrole nitrogens is 1. The first-order valence-electron chi connectivity index (χ1n) is 6.43.